The third-order valence-electron chi connectivity index (χ3n) is 3.00. The highest BCUT2D eigenvalue weighted by atomic mass is 19.1. The summed E-state index contributed by atoms with van der Waals surface area (Å²) in [5.41, 5.74) is 5.07. The van der Waals surface area contributed by atoms with Gasteiger partial charge >= 0.3 is 5.97 Å². The third-order valence-corrected chi connectivity index (χ3v) is 3.00. The van der Waals surface area contributed by atoms with Crippen LogP contribution < -0.4 is 5.73 Å². The van der Waals surface area contributed by atoms with E-state index in [1.807, 2.05) is 0 Å². The zero-order valence-electron chi connectivity index (χ0n) is 10.9. The summed E-state index contributed by atoms with van der Waals surface area (Å²) in [6.07, 6.45) is 0.0245. The van der Waals surface area contributed by atoms with Crippen molar-refractivity contribution in [1.82, 2.24) is 5.01 Å². The molecule has 3 N–H and O–H groups in total. The minimum absolute atomic E-state index is 0.0116. The first kappa shape index (κ1) is 14.6. The predicted octanol–water partition coefficient (Wildman–Crippen LogP) is 0.488. The molecule has 0 aliphatic carbocycles. The third kappa shape index (κ3) is 3.22. The van der Waals surface area contributed by atoms with Crippen LogP contribution in [0.1, 0.15) is 28.8 Å². The lowest BCUT2D eigenvalue weighted by Gasteiger charge is -2.22. The van der Waals surface area contributed by atoms with Gasteiger partial charge in [0.05, 0.1) is 6.54 Å². The first-order valence-electron chi connectivity index (χ1n) is 6.08. The Morgan fingerprint density at radius 3 is 2.71 bits per heavy atom. The molecule has 0 fully saturated rings. The second kappa shape index (κ2) is 5.70. The fraction of sp³-hybridized carbons (Fsp3) is 0.231. The molecule has 1 aromatic carbocycles. The SMILES string of the molecule is NC(=O)c1ccc(F)c(CN2N=C(C(=O)O)CCC2=O)c1. The number of carboxylic acids is 1. The van der Waals surface area contributed by atoms with Crippen molar-refractivity contribution >= 4 is 23.5 Å². The van der Waals surface area contributed by atoms with E-state index in [4.69, 9.17) is 10.8 Å². The maximum atomic E-state index is 13.7. The van der Waals surface area contributed by atoms with Crippen LogP contribution in [0.4, 0.5) is 4.39 Å². The van der Waals surface area contributed by atoms with Gasteiger partial charge < -0.3 is 10.8 Å². The lowest BCUT2D eigenvalue weighted by atomic mass is 10.1. The van der Waals surface area contributed by atoms with Gasteiger partial charge in [0.1, 0.15) is 11.5 Å². The Morgan fingerprint density at radius 2 is 2.10 bits per heavy atom. The Hall–Kier alpha value is -2.77. The maximum absolute atomic E-state index is 13.7. The van der Waals surface area contributed by atoms with Crippen molar-refractivity contribution in [3.05, 3.63) is 35.1 Å². The van der Waals surface area contributed by atoms with Crippen LogP contribution in [0.2, 0.25) is 0 Å². The molecule has 0 bridgehead atoms. The molecule has 0 spiro atoms. The number of aliphatic carboxylic acids is 1. The van der Waals surface area contributed by atoms with Crippen LogP contribution >= 0.6 is 0 Å². The molecule has 21 heavy (non-hydrogen) atoms. The van der Waals surface area contributed by atoms with Crippen LogP contribution in [0, 0.1) is 5.82 Å². The van der Waals surface area contributed by atoms with Gasteiger partial charge in [0.2, 0.25) is 11.8 Å². The van der Waals surface area contributed by atoms with Gasteiger partial charge in [-0.25, -0.2) is 14.2 Å². The van der Waals surface area contributed by atoms with E-state index in [1.165, 1.54) is 12.1 Å². The smallest absolute Gasteiger partial charge is 0.352 e. The van der Waals surface area contributed by atoms with Gasteiger partial charge in [-0.15, -0.1) is 0 Å². The Bertz CT molecular complexity index is 657. The minimum Gasteiger partial charge on any atom is -0.477 e. The van der Waals surface area contributed by atoms with Gasteiger partial charge in [0, 0.05) is 24.0 Å². The zero-order chi connectivity index (χ0) is 15.6. The van der Waals surface area contributed by atoms with E-state index >= 15 is 0 Å². The molecule has 8 heteroatoms. The summed E-state index contributed by atoms with van der Waals surface area (Å²) in [7, 11) is 0. The summed E-state index contributed by atoms with van der Waals surface area (Å²) < 4.78 is 13.7. The quantitative estimate of drug-likeness (QED) is 0.840. The summed E-state index contributed by atoms with van der Waals surface area (Å²) in [6.45, 7) is -0.261. The molecule has 2 amide bonds. The minimum atomic E-state index is -1.22. The number of hydrogen-bond acceptors (Lipinski definition) is 4. The normalized spacial score (nSPS) is 14.8. The molecule has 0 saturated heterocycles. The van der Waals surface area contributed by atoms with Crippen molar-refractivity contribution in [2.24, 2.45) is 10.8 Å². The second-order valence-electron chi connectivity index (χ2n) is 4.47. The van der Waals surface area contributed by atoms with E-state index in [2.05, 4.69) is 5.10 Å². The molecule has 7 nitrogen and oxygen atoms in total. The average molecular weight is 293 g/mol. The summed E-state index contributed by atoms with van der Waals surface area (Å²) >= 11 is 0. The number of carbonyl (C=O) groups excluding carboxylic acids is 2. The molecular formula is C13H12FN3O4. The molecule has 1 aromatic rings. The number of hydrogen-bond donors (Lipinski definition) is 2. The number of nitrogens with zero attached hydrogens (tertiary/aromatic N) is 2. The largest absolute Gasteiger partial charge is 0.477 e. The Kier molecular flexibility index (Phi) is 3.97. The van der Waals surface area contributed by atoms with Gasteiger partial charge in [-0.05, 0) is 18.2 Å². The molecular weight excluding hydrogens is 281 g/mol. The number of amides is 2. The topological polar surface area (TPSA) is 113 Å². The molecule has 0 saturated carbocycles. The number of rotatable bonds is 4. The van der Waals surface area contributed by atoms with E-state index in [1.54, 1.807) is 0 Å². The molecule has 0 unspecified atom stereocenters. The van der Waals surface area contributed by atoms with E-state index in [-0.39, 0.29) is 36.2 Å². The summed E-state index contributed by atoms with van der Waals surface area (Å²) in [6, 6.07) is 3.51. The summed E-state index contributed by atoms with van der Waals surface area (Å²) in [4.78, 5) is 33.7. The van der Waals surface area contributed by atoms with Gasteiger partial charge in [-0.1, -0.05) is 0 Å². The standard InChI is InChI=1S/C13H12FN3O4/c14-9-2-1-7(12(15)19)5-8(9)6-17-11(18)4-3-10(16-17)13(20)21/h1-2,5H,3-4,6H2,(H2,15,19)(H,20,21). The van der Waals surface area contributed by atoms with Crippen LogP contribution in [0.5, 0.6) is 0 Å². The molecule has 0 aromatic heterocycles. The summed E-state index contributed by atoms with van der Waals surface area (Å²) in [5.74, 6) is -3.00. The van der Waals surface area contributed by atoms with Crippen LogP contribution in [0.25, 0.3) is 0 Å². The van der Waals surface area contributed by atoms with Crippen LogP contribution in [0.15, 0.2) is 23.3 Å². The number of primary amides is 1. The molecule has 0 radical (unpaired) electrons. The van der Waals surface area contributed by atoms with E-state index in [0.717, 1.165) is 11.1 Å². The summed E-state index contributed by atoms with van der Waals surface area (Å²) in [5, 5.41) is 13.5. The maximum Gasteiger partial charge on any atom is 0.352 e. The van der Waals surface area contributed by atoms with Crippen molar-refractivity contribution in [1.29, 1.82) is 0 Å². The first-order valence-corrected chi connectivity index (χ1v) is 6.08. The number of benzene rings is 1. The monoisotopic (exact) mass is 293 g/mol. The Labute approximate surface area is 118 Å². The predicted molar refractivity (Wildman–Crippen MR) is 69.8 cm³/mol. The number of nitrogens with two attached hydrogens (primary N) is 1. The molecule has 1 heterocycles. The molecule has 110 valence electrons. The van der Waals surface area contributed by atoms with E-state index in [0.29, 0.717) is 0 Å². The van der Waals surface area contributed by atoms with E-state index < -0.39 is 23.6 Å². The molecule has 1 aliphatic rings. The second-order valence-corrected chi connectivity index (χ2v) is 4.47. The van der Waals surface area contributed by atoms with Crippen molar-refractivity contribution in [3.8, 4) is 0 Å². The van der Waals surface area contributed by atoms with Gasteiger partial charge in [0.25, 0.3) is 0 Å². The Morgan fingerprint density at radius 1 is 1.38 bits per heavy atom. The number of carboxylic acid groups (broad SMARTS) is 1. The van der Waals surface area contributed by atoms with Crippen LogP contribution in [0.3, 0.4) is 0 Å². The highest BCUT2D eigenvalue weighted by molar-refractivity contribution is 6.36. The highest BCUT2D eigenvalue weighted by Crippen LogP contribution is 2.17. The lowest BCUT2D eigenvalue weighted by molar-refractivity contribution is -0.133. The highest BCUT2D eigenvalue weighted by Gasteiger charge is 2.25. The van der Waals surface area contributed by atoms with Gasteiger partial charge in [-0.3, -0.25) is 9.59 Å². The van der Waals surface area contributed by atoms with Crippen LogP contribution in [-0.2, 0) is 16.1 Å². The fourth-order valence-electron chi connectivity index (χ4n) is 1.89. The van der Waals surface area contributed by atoms with Crippen LogP contribution in [-0.4, -0.2) is 33.6 Å². The van der Waals surface area contributed by atoms with Crippen molar-refractivity contribution < 1.29 is 23.9 Å². The average Bonchev–Trinajstić information content (AvgIpc) is 2.43. The first-order chi connectivity index (χ1) is 9.88. The Balaban J connectivity index is 2.30. The van der Waals surface area contributed by atoms with Gasteiger partial charge in [-0.2, -0.15) is 5.10 Å². The fourth-order valence-corrected chi connectivity index (χ4v) is 1.89. The number of hydrazone groups is 1. The van der Waals surface area contributed by atoms with Gasteiger partial charge in [0.15, 0.2) is 0 Å². The van der Waals surface area contributed by atoms with Crippen molar-refractivity contribution in [3.63, 3.8) is 0 Å². The molecule has 2 rings (SSSR count). The van der Waals surface area contributed by atoms with E-state index in [9.17, 15) is 18.8 Å². The lowest BCUT2D eigenvalue weighted by Crippen LogP contribution is -2.34. The van der Waals surface area contributed by atoms with Crippen molar-refractivity contribution in [2.75, 3.05) is 0 Å². The number of carbonyl (C=O) groups is 3. The molecule has 0 atom stereocenters. The zero-order valence-corrected chi connectivity index (χ0v) is 10.9. The van der Waals surface area contributed by atoms with Crippen molar-refractivity contribution in [2.45, 2.75) is 19.4 Å². The number of halogens is 1. The molecule has 1 aliphatic heterocycles.